The molecule has 0 bridgehead atoms. The summed E-state index contributed by atoms with van der Waals surface area (Å²) in [7, 11) is 0. The summed E-state index contributed by atoms with van der Waals surface area (Å²) in [5.41, 5.74) is 6.33. The molecule has 29 heavy (non-hydrogen) atoms. The third kappa shape index (κ3) is 4.90. The van der Waals surface area contributed by atoms with Gasteiger partial charge in [-0.25, -0.2) is 0 Å². The second-order valence-corrected chi connectivity index (χ2v) is 8.56. The van der Waals surface area contributed by atoms with Crippen molar-refractivity contribution >= 4 is 16.7 Å². The predicted molar refractivity (Wildman–Crippen MR) is 119 cm³/mol. The van der Waals surface area contributed by atoms with Gasteiger partial charge in [0.1, 0.15) is 18.1 Å². The molecule has 1 aliphatic carbocycles. The van der Waals surface area contributed by atoms with Gasteiger partial charge in [-0.1, -0.05) is 37.5 Å². The number of H-pyrrole nitrogens is 1. The zero-order chi connectivity index (χ0) is 20.2. The van der Waals surface area contributed by atoms with Gasteiger partial charge in [0.15, 0.2) is 0 Å². The second kappa shape index (κ2) is 8.86. The van der Waals surface area contributed by atoms with Crippen molar-refractivity contribution in [2.24, 2.45) is 0 Å². The van der Waals surface area contributed by atoms with Crippen molar-refractivity contribution in [1.82, 2.24) is 4.98 Å². The van der Waals surface area contributed by atoms with E-state index in [-0.39, 0.29) is 5.78 Å². The van der Waals surface area contributed by atoms with Crippen LogP contribution in [0.25, 0.3) is 10.9 Å². The first-order valence-corrected chi connectivity index (χ1v) is 10.9. The average molecular weight is 390 g/mol. The first kappa shape index (κ1) is 19.8. The van der Waals surface area contributed by atoms with Gasteiger partial charge in [-0.05, 0) is 80.0 Å². The molecule has 1 fully saturated rings. The molecule has 3 heteroatoms. The Morgan fingerprint density at radius 3 is 2.66 bits per heavy atom. The van der Waals surface area contributed by atoms with E-state index in [0.717, 1.165) is 34.7 Å². The van der Waals surface area contributed by atoms with Crippen molar-refractivity contribution in [3.8, 4) is 5.75 Å². The summed E-state index contributed by atoms with van der Waals surface area (Å²) in [5, 5.41) is 1.13. The Morgan fingerprint density at radius 1 is 1.07 bits per heavy atom. The topological polar surface area (TPSA) is 42.1 Å². The summed E-state index contributed by atoms with van der Waals surface area (Å²) in [5.74, 6) is 1.84. The van der Waals surface area contributed by atoms with E-state index in [0.29, 0.717) is 13.0 Å². The summed E-state index contributed by atoms with van der Waals surface area (Å²) in [6, 6.07) is 15.1. The van der Waals surface area contributed by atoms with Crippen LogP contribution in [0.5, 0.6) is 5.75 Å². The van der Waals surface area contributed by atoms with Crippen LogP contribution in [0, 0.1) is 6.92 Å². The minimum absolute atomic E-state index is 0.220. The zero-order valence-corrected chi connectivity index (χ0v) is 17.6. The van der Waals surface area contributed by atoms with Crippen LogP contribution in [0.2, 0.25) is 0 Å². The molecule has 152 valence electrons. The molecule has 0 radical (unpaired) electrons. The maximum atomic E-state index is 11.2. The number of fused-ring (bicyclic) bond motifs is 1. The number of aromatic nitrogens is 1. The molecule has 1 aromatic heterocycles. The molecule has 4 rings (SSSR count). The number of aromatic amines is 1. The van der Waals surface area contributed by atoms with Crippen LogP contribution in [-0.2, 0) is 17.8 Å². The Morgan fingerprint density at radius 2 is 1.90 bits per heavy atom. The maximum absolute atomic E-state index is 11.2. The molecule has 1 N–H and O–H groups in total. The minimum atomic E-state index is 0.220. The van der Waals surface area contributed by atoms with E-state index in [1.807, 2.05) is 6.07 Å². The van der Waals surface area contributed by atoms with Crippen molar-refractivity contribution < 1.29 is 9.53 Å². The summed E-state index contributed by atoms with van der Waals surface area (Å²) < 4.78 is 6.08. The van der Waals surface area contributed by atoms with Crippen molar-refractivity contribution in [3.05, 3.63) is 64.8 Å². The van der Waals surface area contributed by atoms with Gasteiger partial charge in [0.2, 0.25) is 0 Å². The smallest absolute Gasteiger partial charge is 0.130 e. The molecule has 0 aliphatic heterocycles. The number of Topliss-reactive ketones (excluding diaryl/α,β-unsaturated/α-hetero) is 1. The molecule has 0 saturated heterocycles. The van der Waals surface area contributed by atoms with E-state index in [9.17, 15) is 4.79 Å². The summed E-state index contributed by atoms with van der Waals surface area (Å²) in [6.07, 6.45) is 8.13. The molecule has 0 unspecified atom stereocenters. The molecule has 3 nitrogen and oxygen atoms in total. The highest BCUT2D eigenvalue weighted by molar-refractivity contribution is 5.82. The fourth-order valence-corrected chi connectivity index (χ4v) is 4.57. The molecule has 0 spiro atoms. The number of hydrogen-bond donors (Lipinski definition) is 1. The van der Waals surface area contributed by atoms with Crippen LogP contribution >= 0.6 is 0 Å². The first-order valence-electron chi connectivity index (χ1n) is 10.9. The fraction of sp³-hybridized carbons (Fsp3) is 0.423. The standard InChI is InChI=1S/C26H31NO2/c1-18-14-20(9-12-25(18)21-6-4-3-5-7-21)17-29-24-11-13-26-22(16-24)15-23(27-26)10-8-19(2)28/h9,11-16,21,27H,3-8,10,17H2,1-2H3. The Labute approximate surface area is 173 Å². The fourth-order valence-electron chi connectivity index (χ4n) is 4.57. The van der Waals surface area contributed by atoms with Crippen LogP contribution in [0.3, 0.4) is 0 Å². The van der Waals surface area contributed by atoms with E-state index < -0.39 is 0 Å². The van der Waals surface area contributed by atoms with E-state index >= 15 is 0 Å². The maximum Gasteiger partial charge on any atom is 0.130 e. The second-order valence-electron chi connectivity index (χ2n) is 8.56. The van der Waals surface area contributed by atoms with E-state index in [2.05, 4.69) is 48.3 Å². The lowest BCUT2D eigenvalue weighted by Gasteiger charge is -2.24. The number of nitrogens with one attached hydrogen (secondary N) is 1. The number of aryl methyl sites for hydroxylation is 2. The lowest BCUT2D eigenvalue weighted by Crippen LogP contribution is -2.07. The SMILES string of the molecule is CC(=O)CCc1cc2cc(OCc3ccc(C4CCCCC4)c(C)c3)ccc2[nH]1. The lowest BCUT2D eigenvalue weighted by molar-refractivity contribution is -0.116. The highest BCUT2D eigenvalue weighted by atomic mass is 16.5. The van der Waals surface area contributed by atoms with Gasteiger partial charge >= 0.3 is 0 Å². The molecular formula is C26H31NO2. The third-order valence-electron chi connectivity index (χ3n) is 6.18. The Balaban J connectivity index is 1.41. The predicted octanol–water partition coefficient (Wildman–Crippen LogP) is 6.62. The van der Waals surface area contributed by atoms with Gasteiger partial charge in [0.05, 0.1) is 0 Å². The normalized spacial score (nSPS) is 15.0. The van der Waals surface area contributed by atoms with Gasteiger partial charge < -0.3 is 14.5 Å². The van der Waals surface area contributed by atoms with Crippen LogP contribution in [0.1, 0.15) is 73.8 Å². The molecule has 2 aromatic carbocycles. The van der Waals surface area contributed by atoms with Crippen LogP contribution in [-0.4, -0.2) is 10.8 Å². The van der Waals surface area contributed by atoms with Crippen LogP contribution in [0.4, 0.5) is 0 Å². The monoisotopic (exact) mass is 389 g/mol. The number of carbonyl (C=O) groups is 1. The summed E-state index contributed by atoms with van der Waals surface area (Å²) in [6.45, 7) is 4.46. The van der Waals surface area contributed by atoms with Crippen molar-refractivity contribution in [2.45, 2.75) is 71.3 Å². The average Bonchev–Trinajstić information content (AvgIpc) is 3.14. The summed E-state index contributed by atoms with van der Waals surface area (Å²) >= 11 is 0. The van der Waals surface area contributed by atoms with Gasteiger partial charge in [-0.3, -0.25) is 0 Å². The van der Waals surface area contributed by atoms with Crippen LogP contribution < -0.4 is 4.74 Å². The van der Waals surface area contributed by atoms with E-state index in [1.54, 1.807) is 6.92 Å². The minimum Gasteiger partial charge on any atom is -0.489 e. The quantitative estimate of drug-likeness (QED) is 0.493. The number of ketones is 1. The molecule has 1 heterocycles. The van der Waals surface area contributed by atoms with Gasteiger partial charge in [0, 0.05) is 23.0 Å². The van der Waals surface area contributed by atoms with Crippen molar-refractivity contribution in [3.63, 3.8) is 0 Å². The number of benzene rings is 2. The summed E-state index contributed by atoms with van der Waals surface area (Å²) in [4.78, 5) is 14.6. The largest absolute Gasteiger partial charge is 0.489 e. The number of hydrogen-bond acceptors (Lipinski definition) is 2. The number of ether oxygens (including phenoxy) is 1. The third-order valence-corrected chi connectivity index (χ3v) is 6.18. The Bertz CT molecular complexity index is 995. The van der Waals surface area contributed by atoms with Crippen molar-refractivity contribution in [1.29, 1.82) is 0 Å². The van der Waals surface area contributed by atoms with Gasteiger partial charge in [-0.2, -0.15) is 0 Å². The first-order chi connectivity index (χ1) is 14.1. The number of carbonyl (C=O) groups excluding carboxylic acids is 1. The van der Waals surface area contributed by atoms with Gasteiger partial charge in [0.25, 0.3) is 0 Å². The molecule has 0 amide bonds. The van der Waals surface area contributed by atoms with Crippen molar-refractivity contribution in [2.75, 3.05) is 0 Å². The highest BCUT2D eigenvalue weighted by Crippen LogP contribution is 2.34. The Hall–Kier alpha value is -2.55. The molecule has 1 aliphatic rings. The van der Waals surface area contributed by atoms with Gasteiger partial charge in [-0.15, -0.1) is 0 Å². The lowest BCUT2D eigenvalue weighted by atomic mass is 9.82. The zero-order valence-electron chi connectivity index (χ0n) is 17.6. The molecular weight excluding hydrogens is 358 g/mol. The molecule has 1 saturated carbocycles. The Kier molecular flexibility index (Phi) is 6.03. The highest BCUT2D eigenvalue weighted by Gasteiger charge is 2.17. The number of rotatable bonds is 7. The van der Waals surface area contributed by atoms with Crippen LogP contribution in [0.15, 0.2) is 42.5 Å². The van der Waals surface area contributed by atoms with E-state index in [1.165, 1.54) is 48.8 Å². The molecule has 3 aromatic rings. The van der Waals surface area contributed by atoms with E-state index in [4.69, 9.17) is 4.74 Å². The molecule has 0 atom stereocenters.